The summed E-state index contributed by atoms with van der Waals surface area (Å²) in [5.41, 5.74) is 6.48. The van der Waals surface area contributed by atoms with Crippen molar-refractivity contribution >= 4 is 29.1 Å². The standard InChI is InChI=1S/C28H37N5O4/c1-6-7-12-32(21-13-20(29)9-8-19(21)2)17-27(5)16-28(11-10-23(27)34)18-33(25(35)37-28)24-15-30-22(14-31-24)26(3,4)36/h7-9,12-15,36H,6,10-11,16-18,29H2,1-5H3/b12-7-/t27-,28-/m0/s1. The van der Waals surface area contributed by atoms with Crippen molar-refractivity contribution in [2.45, 2.75) is 71.5 Å². The number of rotatable bonds is 7. The average molecular weight is 508 g/mol. The minimum atomic E-state index is -1.14. The summed E-state index contributed by atoms with van der Waals surface area (Å²) >= 11 is 0. The largest absolute Gasteiger partial charge is 0.441 e. The van der Waals surface area contributed by atoms with E-state index in [2.05, 4.69) is 27.9 Å². The lowest BCUT2D eigenvalue weighted by Gasteiger charge is -2.43. The molecular weight excluding hydrogens is 470 g/mol. The zero-order valence-electron chi connectivity index (χ0n) is 22.3. The second-order valence-corrected chi connectivity index (χ2v) is 11.1. The number of allylic oxidation sites excluding steroid dienone is 1. The number of ketones is 1. The molecule has 1 spiro atoms. The lowest BCUT2D eigenvalue weighted by atomic mass is 9.67. The Kier molecular flexibility index (Phi) is 7.03. The summed E-state index contributed by atoms with van der Waals surface area (Å²) in [5, 5.41) is 10.2. The van der Waals surface area contributed by atoms with E-state index >= 15 is 0 Å². The molecule has 1 saturated carbocycles. The molecule has 2 aromatic rings. The number of carbonyl (C=O) groups is 2. The highest BCUT2D eigenvalue weighted by molar-refractivity contribution is 5.91. The maximum atomic E-state index is 13.3. The van der Waals surface area contributed by atoms with Crippen molar-refractivity contribution in [3.63, 3.8) is 0 Å². The summed E-state index contributed by atoms with van der Waals surface area (Å²) in [6.07, 6.45) is 8.53. The van der Waals surface area contributed by atoms with Gasteiger partial charge in [0.25, 0.3) is 0 Å². The van der Waals surface area contributed by atoms with Crippen molar-refractivity contribution in [3.05, 3.63) is 54.1 Å². The van der Waals surface area contributed by atoms with Crippen LogP contribution in [0, 0.1) is 12.3 Å². The van der Waals surface area contributed by atoms with E-state index < -0.39 is 22.7 Å². The normalized spacial score (nSPS) is 24.2. The van der Waals surface area contributed by atoms with Crippen LogP contribution in [0.4, 0.5) is 22.0 Å². The first-order valence-corrected chi connectivity index (χ1v) is 12.7. The van der Waals surface area contributed by atoms with Crippen LogP contribution in [0.15, 0.2) is 42.9 Å². The molecule has 0 bridgehead atoms. The summed E-state index contributed by atoms with van der Waals surface area (Å²) in [6, 6.07) is 5.77. The summed E-state index contributed by atoms with van der Waals surface area (Å²) in [5.74, 6) is 0.509. The molecule has 1 saturated heterocycles. The van der Waals surface area contributed by atoms with Gasteiger partial charge in [0.2, 0.25) is 0 Å². The number of aromatic nitrogens is 2. The summed E-state index contributed by atoms with van der Waals surface area (Å²) in [7, 11) is 0. The molecule has 1 aromatic heterocycles. The van der Waals surface area contributed by atoms with Gasteiger partial charge in [-0.15, -0.1) is 0 Å². The van der Waals surface area contributed by atoms with Gasteiger partial charge in [-0.1, -0.05) is 26.0 Å². The lowest BCUT2D eigenvalue weighted by molar-refractivity contribution is -0.137. The Labute approximate surface area is 218 Å². The number of benzene rings is 1. The molecule has 1 aliphatic carbocycles. The predicted molar refractivity (Wildman–Crippen MR) is 143 cm³/mol. The molecule has 9 heteroatoms. The van der Waals surface area contributed by atoms with Crippen molar-refractivity contribution in [1.29, 1.82) is 0 Å². The van der Waals surface area contributed by atoms with Crippen LogP contribution in [0.2, 0.25) is 0 Å². The van der Waals surface area contributed by atoms with Crippen molar-refractivity contribution in [2.75, 3.05) is 28.6 Å². The Morgan fingerprint density at radius 1 is 1.27 bits per heavy atom. The fraction of sp³-hybridized carbons (Fsp3) is 0.500. The molecule has 2 aliphatic rings. The van der Waals surface area contributed by atoms with E-state index in [0.717, 1.165) is 17.7 Å². The number of anilines is 3. The first-order valence-electron chi connectivity index (χ1n) is 12.7. The summed E-state index contributed by atoms with van der Waals surface area (Å²) in [4.78, 5) is 38.5. The third-order valence-corrected chi connectivity index (χ3v) is 7.29. The number of ether oxygens (including phenoxy) is 1. The van der Waals surface area contributed by atoms with Crippen molar-refractivity contribution in [3.8, 4) is 0 Å². The van der Waals surface area contributed by atoms with Gasteiger partial charge in [-0.2, -0.15) is 0 Å². The van der Waals surface area contributed by atoms with Gasteiger partial charge in [0.15, 0.2) is 5.82 Å². The number of amides is 1. The molecule has 2 heterocycles. The molecule has 4 rings (SSSR count). The predicted octanol–water partition coefficient (Wildman–Crippen LogP) is 4.48. The monoisotopic (exact) mass is 507 g/mol. The molecule has 3 N–H and O–H groups in total. The SMILES string of the molecule is CC/C=C\N(C[C@]1(C)C[C@@]2(CCC1=O)CN(c1cnc(C(C)(C)O)cn1)C(=O)O2)c1cc(N)ccc1C. The number of nitrogen functional groups attached to an aromatic ring is 1. The van der Waals surface area contributed by atoms with Gasteiger partial charge in [0.05, 0.1) is 24.6 Å². The maximum Gasteiger partial charge on any atom is 0.416 e. The average Bonchev–Trinajstić information content (AvgIpc) is 3.16. The molecule has 0 radical (unpaired) electrons. The Hall–Kier alpha value is -3.46. The number of Topliss-reactive ketones (excluding diaryl/α,β-unsaturated/α-hetero) is 1. The van der Waals surface area contributed by atoms with Crippen LogP contribution in [0.3, 0.4) is 0 Å². The van der Waals surface area contributed by atoms with E-state index in [1.165, 1.54) is 17.3 Å². The number of carbonyl (C=O) groups excluding carboxylic acids is 2. The van der Waals surface area contributed by atoms with Crippen molar-refractivity contribution in [1.82, 2.24) is 9.97 Å². The van der Waals surface area contributed by atoms with Gasteiger partial charge in [-0.05, 0) is 51.3 Å². The van der Waals surface area contributed by atoms with Crippen molar-refractivity contribution < 1.29 is 19.4 Å². The van der Waals surface area contributed by atoms with Crippen LogP contribution >= 0.6 is 0 Å². The van der Waals surface area contributed by atoms with Gasteiger partial charge >= 0.3 is 6.09 Å². The number of hydrogen-bond donors (Lipinski definition) is 2. The molecule has 2 atom stereocenters. The van der Waals surface area contributed by atoms with Gasteiger partial charge < -0.3 is 20.5 Å². The highest BCUT2D eigenvalue weighted by Crippen LogP contribution is 2.46. The number of nitrogens with zero attached hydrogens (tertiary/aromatic N) is 4. The molecule has 1 aromatic carbocycles. The van der Waals surface area contributed by atoms with Gasteiger partial charge in [0, 0.05) is 42.4 Å². The van der Waals surface area contributed by atoms with Gasteiger partial charge in [-0.25, -0.2) is 9.78 Å². The molecule has 1 aliphatic heterocycles. The highest BCUT2D eigenvalue weighted by atomic mass is 16.6. The topological polar surface area (TPSA) is 122 Å². The van der Waals surface area contributed by atoms with E-state index in [-0.39, 0.29) is 12.3 Å². The van der Waals surface area contributed by atoms with E-state index in [1.54, 1.807) is 13.8 Å². The van der Waals surface area contributed by atoms with Gasteiger partial charge in [-0.3, -0.25) is 14.7 Å². The first-order chi connectivity index (χ1) is 17.4. The Bertz CT molecular complexity index is 1210. The zero-order chi connectivity index (χ0) is 27.0. The van der Waals surface area contributed by atoms with Crippen LogP contribution in [-0.4, -0.2) is 45.6 Å². The van der Waals surface area contributed by atoms with Crippen LogP contribution in [0.25, 0.3) is 0 Å². The molecular formula is C28H37N5O4. The van der Waals surface area contributed by atoms with Crippen LogP contribution in [-0.2, 0) is 15.1 Å². The van der Waals surface area contributed by atoms with E-state index in [4.69, 9.17) is 10.5 Å². The molecule has 9 nitrogen and oxygen atoms in total. The number of aryl methyl sites for hydroxylation is 1. The molecule has 1 amide bonds. The zero-order valence-corrected chi connectivity index (χ0v) is 22.3. The molecule has 198 valence electrons. The minimum Gasteiger partial charge on any atom is -0.441 e. The smallest absolute Gasteiger partial charge is 0.416 e. The van der Waals surface area contributed by atoms with Crippen LogP contribution < -0.4 is 15.5 Å². The second-order valence-electron chi connectivity index (χ2n) is 11.1. The quantitative estimate of drug-likeness (QED) is 0.526. The summed E-state index contributed by atoms with van der Waals surface area (Å²) in [6.45, 7) is 10.0. The molecule has 37 heavy (non-hydrogen) atoms. The Morgan fingerprint density at radius 3 is 2.68 bits per heavy atom. The highest BCUT2D eigenvalue weighted by Gasteiger charge is 2.55. The second kappa shape index (κ2) is 9.78. The fourth-order valence-electron chi connectivity index (χ4n) is 5.25. The van der Waals surface area contributed by atoms with Crippen molar-refractivity contribution in [2.24, 2.45) is 5.41 Å². The lowest BCUT2D eigenvalue weighted by Crippen LogP contribution is -2.52. The Morgan fingerprint density at radius 2 is 2.03 bits per heavy atom. The minimum absolute atomic E-state index is 0.151. The molecule has 2 fully saturated rings. The number of hydrogen-bond acceptors (Lipinski definition) is 8. The maximum absolute atomic E-state index is 13.3. The van der Waals surface area contributed by atoms with E-state index in [1.807, 2.05) is 38.2 Å². The number of nitrogens with two attached hydrogens (primary N) is 1. The third-order valence-electron chi connectivity index (χ3n) is 7.29. The first kappa shape index (κ1) is 26.6. The van der Waals surface area contributed by atoms with Crippen LogP contribution in [0.5, 0.6) is 0 Å². The van der Waals surface area contributed by atoms with Crippen LogP contribution in [0.1, 0.15) is 64.6 Å². The number of aliphatic hydroxyl groups is 1. The molecule has 0 unspecified atom stereocenters. The Balaban J connectivity index is 1.59. The fourth-order valence-corrected chi connectivity index (χ4v) is 5.25. The summed E-state index contributed by atoms with van der Waals surface area (Å²) < 4.78 is 5.97. The third kappa shape index (κ3) is 5.46. The van der Waals surface area contributed by atoms with E-state index in [9.17, 15) is 14.7 Å². The van der Waals surface area contributed by atoms with Gasteiger partial charge in [0.1, 0.15) is 17.0 Å². The van der Waals surface area contributed by atoms with E-state index in [0.29, 0.717) is 43.0 Å².